The fourth-order valence-electron chi connectivity index (χ4n) is 1.55. The zero-order valence-electron chi connectivity index (χ0n) is 7.51. The largest absolute Gasteiger partial charge is 0.330 e. The molecule has 0 amide bonds. The van der Waals surface area contributed by atoms with E-state index in [2.05, 4.69) is 11.3 Å². The van der Waals surface area contributed by atoms with Crippen molar-refractivity contribution in [3.05, 3.63) is 18.0 Å². The SMILES string of the molecule is Cl.Cl.Cn1cc([C@@H]2C[C@H]2CN)cn1. The average molecular weight is 224 g/mol. The molecule has 0 spiro atoms. The molecule has 13 heavy (non-hydrogen) atoms. The maximum Gasteiger partial charge on any atom is 0.0524 e. The number of nitrogens with two attached hydrogens (primary N) is 1. The molecule has 3 nitrogen and oxygen atoms in total. The molecule has 76 valence electrons. The van der Waals surface area contributed by atoms with Crippen molar-refractivity contribution in [1.82, 2.24) is 9.78 Å². The summed E-state index contributed by atoms with van der Waals surface area (Å²) >= 11 is 0. The van der Waals surface area contributed by atoms with E-state index in [1.165, 1.54) is 12.0 Å². The number of aryl methyl sites for hydroxylation is 1. The zero-order valence-corrected chi connectivity index (χ0v) is 9.14. The Hall–Kier alpha value is -0.250. The maximum atomic E-state index is 5.54. The van der Waals surface area contributed by atoms with Gasteiger partial charge in [0.15, 0.2) is 0 Å². The molecular formula is C8H15Cl2N3. The molecule has 1 aliphatic carbocycles. The first kappa shape index (κ1) is 12.8. The molecule has 1 aromatic rings. The molecule has 5 heteroatoms. The Kier molecular flexibility index (Phi) is 4.75. The normalized spacial score (nSPS) is 24.5. The van der Waals surface area contributed by atoms with Crippen molar-refractivity contribution in [1.29, 1.82) is 0 Å². The van der Waals surface area contributed by atoms with E-state index in [-0.39, 0.29) is 24.8 Å². The molecule has 2 N–H and O–H groups in total. The van der Waals surface area contributed by atoms with Gasteiger partial charge >= 0.3 is 0 Å². The van der Waals surface area contributed by atoms with Crippen LogP contribution in [0.5, 0.6) is 0 Å². The minimum Gasteiger partial charge on any atom is -0.330 e. The highest BCUT2D eigenvalue weighted by molar-refractivity contribution is 5.85. The van der Waals surface area contributed by atoms with Crippen LogP contribution in [0.25, 0.3) is 0 Å². The van der Waals surface area contributed by atoms with Gasteiger partial charge < -0.3 is 5.73 Å². The first-order valence-corrected chi connectivity index (χ1v) is 4.00. The number of hydrogen-bond donors (Lipinski definition) is 1. The van der Waals surface area contributed by atoms with Gasteiger partial charge in [-0.2, -0.15) is 5.10 Å². The summed E-state index contributed by atoms with van der Waals surface area (Å²) in [6.45, 7) is 0.819. The fourth-order valence-corrected chi connectivity index (χ4v) is 1.55. The second-order valence-corrected chi connectivity index (χ2v) is 3.29. The van der Waals surface area contributed by atoms with E-state index >= 15 is 0 Å². The molecule has 0 radical (unpaired) electrons. The van der Waals surface area contributed by atoms with Gasteiger partial charge in [0.25, 0.3) is 0 Å². The van der Waals surface area contributed by atoms with E-state index in [9.17, 15) is 0 Å². The zero-order chi connectivity index (χ0) is 7.84. The molecule has 0 saturated heterocycles. The van der Waals surface area contributed by atoms with E-state index in [1.54, 1.807) is 0 Å². The summed E-state index contributed by atoms with van der Waals surface area (Å²) in [4.78, 5) is 0. The Bertz CT molecular complexity index is 262. The number of hydrogen-bond acceptors (Lipinski definition) is 2. The Morgan fingerprint density at radius 1 is 1.62 bits per heavy atom. The summed E-state index contributed by atoms with van der Waals surface area (Å²) in [7, 11) is 1.95. The van der Waals surface area contributed by atoms with Gasteiger partial charge in [0, 0.05) is 13.2 Å². The molecule has 0 unspecified atom stereocenters. The van der Waals surface area contributed by atoms with Crippen LogP contribution in [0.2, 0.25) is 0 Å². The molecule has 2 atom stereocenters. The summed E-state index contributed by atoms with van der Waals surface area (Å²) in [5, 5.41) is 4.12. The van der Waals surface area contributed by atoms with Crippen molar-refractivity contribution in [2.24, 2.45) is 18.7 Å². The second-order valence-electron chi connectivity index (χ2n) is 3.29. The van der Waals surface area contributed by atoms with Crippen molar-refractivity contribution >= 4 is 24.8 Å². The summed E-state index contributed by atoms with van der Waals surface area (Å²) in [6.07, 6.45) is 5.28. The van der Waals surface area contributed by atoms with Gasteiger partial charge in [0.2, 0.25) is 0 Å². The lowest BCUT2D eigenvalue weighted by Gasteiger charge is -1.90. The standard InChI is InChI=1S/C8H13N3.2ClH/c1-11-5-7(4-10-11)8-2-6(8)3-9;;/h4-6,8H,2-3,9H2,1H3;2*1H/t6-,8+;;/m0../s1. The minimum atomic E-state index is 0. The number of aromatic nitrogens is 2. The molecule has 1 heterocycles. The fraction of sp³-hybridized carbons (Fsp3) is 0.625. The molecule has 1 aromatic heterocycles. The van der Waals surface area contributed by atoms with Crippen molar-refractivity contribution in [3.63, 3.8) is 0 Å². The third-order valence-electron chi connectivity index (χ3n) is 2.38. The summed E-state index contributed by atoms with van der Waals surface area (Å²) < 4.78 is 1.85. The molecule has 1 saturated carbocycles. The quantitative estimate of drug-likeness (QED) is 0.823. The van der Waals surface area contributed by atoms with E-state index in [1.807, 2.05) is 17.9 Å². The Balaban J connectivity index is 0.000000720. The van der Waals surface area contributed by atoms with Crippen molar-refractivity contribution < 1.29 is 0 Å². The molecule has 0 aliphatic heterocycles. The van der Waals surface area contributed by atoms with Crippen LogP contribution < -0.4 is 5.73 Å². The van der Waals surface area contributed by atoms with Gasteiger partial charge in [0.1, 0.15) is 0 Å². The summed E-state index contributed by atoms with van der Waals surface area (Å²) in [5.41, 5.74) is 6.89. The highest BCUT2D eigenvalue weighted by Gasteiger charge is 2.37. The minimum absolute atomic E-state index is 0. The van der Waals surface area contributed by atoms with Gasteiger partial charge in [-0.3, -0.25) is 4.68 Å². The highest BCUT2D eigenvalue weighted by atomic mass is 35.5. The van der Waals surface area contributed by atoms with Crippen LogP contribution in [-0.4, -0.2) is 16.3 Å². The molecule has 1 fully saturated rings. The molecule has 0 aromatic carbocycles. The molecule has 1 aliphatic rings. The average Bonchev–Trinajstić information content (AvgIpc) is 2.68. The lowest BCUT2D eigenvalue weighted by Crippen LogP contribution is -2.01. The van der Waals surface area contributed by atoms with Gasteiger partial charge in [-0.25, -0.2) is 0 Å². The van der Waals surface area contributed by atoms with Crippen LogP contribution in [0.4, 0.5) is 0 Å². The summed E-state index contributed by atoms with van der Waals surface area (Å²) in [6, 6.07) is 0. The van der Waals surface area contributed by atoms with E-state index in [4.69, 9.17) is 5.73 Å². The molecular weight excluding hydrogens is 209 g/mol. The van der Waals surface area contributed by atoms with Crippen molar-refractivity contribution in [3.8, 4) is 0 Å². The number of halogens is 2. The Morgan fingerprint density at radius 3 is 2.69 bits per heavy atom. The topological polar surface area (TPSA) is 43.8 Å². The van der Waals surface area contributed by atoms with Crippen molar-refractivity contribution in [2.45, 2.75) is 12.3 Å². The van der Waals surface area contributed by atoms with Crippen molar-refractivity contribution in [2.75, 3.05) is 6.54 Å². The summed E-state index contributed by atoms with van der Waals surface area (Å²) in [5.74, 6) is 1.42. The van der Waals surface area contributed by atoms with Crippen LogP contribution >= 0.6 is 24.8 Å². The van der Waals surface area contributed by atoms with E-state index < -0.39 is 0 Å². The third-order valence-corrected chi connectivity index (χ3v) is 2.38. The lowest BCUT2D eigenvalue weighted by atomic mass is 10.2. The lowest BCUT2D eigenvalue weighted by molar-refractivity contribution is 0.765. The van der Waals surface area contributed by atoms with Crippen LogP contribution in [0, 0.1) is 5.92 Å². The van der Waals surface area contributed by atoms with Crippen LogP contribution in [0.1, 0.15) is 17.9 Å². The van der Waals surface area contributed by atoms with Crippen LogP contribution in [-0.2, 0) is 7.05 Å². The molecule has 0 bridgehead atoms. The maximum absolute atomic E-state index is 5.54. The van der Waals surface area contributed by atoms with E-state index in [0.717, 1.165) is 12.5 Å². The predicted molar refractivity (Wildman–Crippen MR) is 57.6 cm³/mol. The number of rotatable bonds is 2. The van der Waals surface area contributed by atoms with Crippen LogP contribution in [0.15, 0.2) is 12.4 Å². The smallest absolute Gasteiger partial charge is 0.0524 e. The van der Waals surface area contributed by atoms with Gasteiger partial charge in [-0.05, 0) is 30.4 Å². The highest BCUT2D eigenvalue weighted by Crippen LogP contribution is 2.46. The third kappa shape index (κ3) is 2.59. The van der Waals surface area contributed by atoms with Crippen LogP contribution in [0.3, 0.4) is 0 Å². The Labute approximate surface area is 90.5 Å². The molecule has 2 rings (SSSR count). The first-order chi connectivity index (χ1) is 5.31. The van der Waals surface area contributed by atoms with E-state index in [0.29, 0.717) is 5.92 Å². The van der Waals surface area contributed by atoms with Gasteiger partial charge in [-0.1, -0.05) is 0 Å². The Morgan fingerprint density at radius 2 is 2.31 bits per heavy atom. The van der Waals surface area contributed by atoms with Gasteiger partial charge in [0.05, 0.1) is 6.20 Å². The predicted octanol–water partition coefficient (Wildman–Crippen LogP) is 1.33. The number of nitrogens with zero attached hydrogens (tertiary/aromatic N) is 2. The monoisotopic (exact) mass is 223 g/mol. The van der Waals surface area contributed by atoms with Gasteiger partial charge in [-0.15, -0.1) is 24.8 Å². The first-order valence-electron chi connectivity index (χ1n) is 4.00. The second kappa shape index (κ2) is 4.84.